The fourth-order valence-corrected chi connectivity index (χ4v) is 3.73. The van der Waals surface area contributed by atoms with Gasteiger partial charge in [0.1, 0.15) is 5.70 Å². The van der Waals surface area contributed by atoms with E-state index in [1.54, 1.807) is 30.3 Å². The molecule has 178 valence electrons. The Morgan fingerprint density at radius 1 is 1.03 bits per heavy atom. The lowest BCUT2D eigenvalue weighted by atomic mass is 10.1. The number of hydrogen-bond acceptors (Lipinski definition) is 5. The summed E-state index contributed by atoms with van der Waals surface area (Å²) >= 11 is 3.37. The normalized spacial score (nSPS) is 14.1. The topological polar surface area (TPSA) is 97.0 Å². The second kappa shape index (κ2) is 10.9. The van der Waals surface area contributed by atoms with Crippen LogP contribution in [0.4, 0.5) is 10.5 Å². The molecule has 3 aromatic carbocycles. The Morgan fingerprint density at radius 3 is 2.49 bits per heavy atom. The van der Waals surface area contributed by atoms with Crippen molar-refractivity contribution >= 4 is 45.5 Å². The summed E-state index contributed by atoms with van der Waals surface area (Å²) in [5, 5.41) is 5.36. The summed E-state index contributed by atoms with van der Waals surface area (Å²) < 4.78 is 12.1. The fraction of sp³-hybridized carbons (Fsp3) is 0.115. The number of halogens is 1. The SMILES string of the molecule is COc1cccc(/C=C2/NC(=O)N(Cc3ccc(Br)cc3)C2=O)c1OCC(=O)Nc1ccccc1. The molecule has 8 nitrogen and oxygen atoms in total. The van der Waals surface area contributed by atoms with Crippen LogP contribution in [0.3, 0.4) is 0 Å². The smallest absolute Gasteiger partial charge is 0.329 e. The number of imide groups is 1. The third kappa shape index (κ3) is 5.88. The van der Waals surface area contributed by atoms with Crippen molar-refractivity contribution in [2.24, 2.45) is 0 Å². The number of nitrogens with one attached hydrogen (secondary N) is 2. The second-order valence-corrected chi connectivity index (χ2v) is 8.50. The van der Waals surface area contributed by atoms with Gasteiger partial charge in [-0.15, -0.1) is 0 Å². The Balaban J connectivity index is 1.51. The molecule has 0 aliphatic carbocycles. The Hall–Kier alpha value is -4.11. The zero-order chi connectivity index (χ0) is 24.8. The van der Waals surface area contributed by atoms with Crippen LogP contribution in [0.1, 0.15) is 11.1 Å². The van der Waals surface area contributed by atoms with E-state index in [2.05, 4.69) is 26.6 Å². The van der Waals surface area contributed by atoms with Crippen molar-refractivity contribution in [2.75, 3.05) is 19.0 Å². The molecule has 35 heavy (non-hydrogen) atoms. The maximum Gasteiger partial charge on any atom is 0.329 e. The van der Waals surface area contributed by atoms with E-state index in [-0.39, 0.29) is 30.5 Å². The summed E-state index contributed by atoms with van der Waals surface area (Å²) in [5.41, 5.74) is 2.03. The molecule has 4 rings (SSSR count). The van der Waals surface area contributed by atoms with Gasteiger partial charge in [-0.1, -0.05) is 58.4 Å². The predicted octanol–water partition coefficient (Wildman–Crippen LogP) is 4.57. The fourth-order valence-electron chi connectivity index (χ4n) is 3.46. The van der Waals surface area contributed by atoms with Gasteiger partial charge in [0.2, 0.25) is 0 Å². The molecular formula is C26H22BrN3O5. The van der Waals surface area contributed by atoms with Crippen LogP contribution in [0.5, 0.6) is 11.5 Å². The second-order valence-electron chi connectivity index (χ2n) is 7.59. The van der Waals surface area contributed by atoms with E-state index in [1.165, 1.54) is 13.2 Å². The van der Waals surface area contributed by atoms with Crippen LogP contribution in [0.25, 0.3) is 6.08 Å². The van der Waals surface area contributed by atoms with Crippen LogP contribution >= 0.6 is 15.9 Å². The number of benzene rings is 3. The standard InChI is InChI=1S/C26H22BrN3O5/c1-34-22-9-5-6-18(24(22)35-16-23(31)28-20-7-3-2-4-8-20)14-21-25(32)30(26(33)29-21)15-17-10-12-19(27)13-11-17/h2-14H,15-16H2,1H3,(H,28,31)(H,29,33)/b21-14+. The molecule has 0 saturated carbocycles. The molecule has 3 aromatic rings. The number of hydrogen-bond donors (Lipinski definition) is 2. The lowest BCUT2D eigenvalue weighted by Crippen LogP contribution is -2.30. The van der Waals surface area contributed by atoms with Gasteiger partial charge in [-0.2, -0.15) is 0 Å². The van der Waals surface area contributed by atoms with E-state index < -0.39 is 11.9 Å². The van der Waals surface area contributed by atoms with Gasteiger partial charge in [0, 0.05) is 15.7 Å². The van der Waals surface area contributed by atoms with Gasteiger partial charge in [-0.25, -0.2) is 4.79 Å². The Kier molecular flexibility index (Phi) is 7.47. The summed E-state index contributed by atoms with van der Waals surface area (Å²) in [6.45, 7) is -0.141. The zero-order valence-corrected chi connectivity index (χ0v) is 20.4. The molecule has 1 aliphatic rings. The number of carbonyl (C=O) groups excluding carboxylic acids is 3. The number of amides is 4. The van der Waals surface area contributed by atoms with E-state index in [9.17, 15) is 14.4 Å². The van der Waals surface area contributed by atoms with Crippen molar-refractivity contribution < 1.29 is 23.9 Å². The van der Waals surface area contributed by atoms with Crippen molar-refractivity contribution in [3.63, 3.8) is 0 Å². The van der Waals surface area contributed by atoms with Crippen LogP contribution in [0.15, 0.2) is 83.0 Å². The third-order valence-corrected chi connectivity index (χ3v) is 5.68. The molecule has 0 atom stereocenters. The molecular weight excluding hydrogens is 514 g/mol. The van der Waals surface area contributed by atoms with Gasteiger partial charge in [0.15, 0.2) is 18.1 Å². The highest BCUT2D eigenvalue weighted by Gasteiger charge is 2.33. The summed E-state index contributed by atoms with van der Waals surface area (Å²) in [6.07, 6.45) is 1.51. The van der Waals surface area contributed by atoms with Gasteiger partial charge in [-0.05, 0) is 42.0 Å². The minimum Gasteiger partial charge on any atom is -0.493 e. The minimum atomic E-state index is -0.517. The van der Waals surface area contributed by atoms with Crippen LogP contribution in [-0.4, -0.2) is 36.5 Å². The van der Waals surface area contributed by atoms with E-state index in [0.717, 1.165) is 14.9 Å². The van der Waals surface area contributed by atoms with Crippen molar-refractivity contribution in [3.05, 3.63) is 94.1 Å². The first kappa shape index (κ1) is 24.0. The molecule has 0 spiro atoms. The van der Waals surface area contributed by atoms with Crippen molar-refractivity contribution in [2.45, 2.75) is 6.54 Å². The maximum atomic E-state index is 13.0. The molecule has 0 radical (unpaired) electrons. The Labute approximate surface area is 210 Å². The van der Waals surface area contributed by atoms with E-state index >= 15 is 0 Å². The van der Waals surface area contributed by atoms with Crippen molar-refractivity contribution in [3.8, 4) is 11.5 Å². The van der Waals surface area contributed by atoms with Gasteiger partial charge in [0.05, 0.1) is 13.7 Å². The first-order chi connectivity index (χ1) is 16.9. The quantitative estimate of drug-likeness (QED) is 0.325. The highest BCUT2D eigenvalue weighted by Crippen LogP contribution is 2.33. The number of carbonyl (C=O) groups is 3. The summed E-state index contributed by atoms with van der Waals surface area (Å²) in [4.78, 5) is 38.9. The third-order valence-electron chi connectivity index (χ3n) is 5.15. The molecule has 0 aromatic heterocycles. The average Bonchev–Trinajstić information content (AvgIpc) is 3.12. The summed E-state index contributed by atoms with van der Waals surface area (Å²) in [6, 6.07) is 21.0. The maximum absolute atomic E-state index is 13.0. The molecule has 0 unspecified atom stereocenters. The number of rotatable bonds is 8. The molecule has 1 aliphatic heterocycles. The first-order valence-electron chi connectivity index (χ1n) is 10.7. The van der Waals surface area contributed by atoms with Gasteiger partial charge >= 0.3 is 6.03 Å². The first-order valence-corrected chi connectivity index (χ1v) is 11.5. The summed E-state index contributed by atoms with van der Waals surface area (Å²) in [7, 11) is 1.48. The molecule has 1 heterocycles. The molecule has 2 N–H and O–H groups in total. The molecule has 0 bridgehead atoms. The highest BCUT2D eigenvalue weighted by atomic mass is 79.9. The monoisotopic (exact) mass is 535 g/mol. The van der Waals surface area contributed by atoms with Gasteiger partial charge < -0.3 is 20.1 Å². The van der Waals surface area contributed by atoms with Crippen molar-refractivity contribution in [1.29, 1.82) is 0 Å². The number of nitrogens with zero attached hydrogens (tertiary/aromatic N) is 1. The number of methoxy groups -OCH3 is 1. The number of urea groups is 1. The molecule has 9 heteroatoms. The van der Waals surface area contributed by atoms with Crippen LogP contribution < -0.4 is 20.1 Å². The number of para-hydroxylation sites is 2. The zero-order valence-electron chi connectivity index (χ0n) is 18.8. The average molecular weight is 536 g/mol. The Morgan fingerprint density at radius 2 is 1.77 bits per heavy atom. The van der Waals surface area contributed by atoms with Crippen LogP contribution in [-0.2, 0) is 16.1 Å². The molecule has 1 saturated heterocycles. The largest absolute Gasteiger partial charge is 0.493 e. The van der Waals surface area contributed by atoms with Crippen LogP contribution in [0.2, 0.25) is 0 Å². The minimum absolute atomic E-state index is 0.0963. The van der Waals surface area contributed by atoms with E-state index in [0.29, 0.717) is 17.0 Å². The van der Waals surface area contributed by atoms with Crippen molar-refractivity contribution in [1.82, 2.24) is 10.2 Å². The summed E-state index contributed by atoms with van der Waals surface area (Å²) in [5.74, 6) is -0.158. The van der Waals surface area contributed by atoms with E-state index in [4.69, 9.17) is 9.47 Å². The lowest BCUT2D eigenvalue weighted by Gasteiger charge is -2.14. The van der Waals surface area contributed by atoms with Gasteiger partial charge in [0.25, 0.3) is 11.8 Å². The number of ether oxygens (including phenoxy) is 2. The molecule has 1 fully saturated rings. The predicted molar refractivity (Wildman–Crippen MR) is 135 cm³/mol. The number of anilines is 1. The van der Waals surface area contributed by atoms with Gasteiger partial charge in [-0.3, -0.25) is 14.5 Å². The molecule has 4 amide bonds. The highest BCUT2D eigenvalue weighted by molar-refractivity contribution is 9.10. The van der Waals surface area contributed by atoms with E-state index in [1.807, 2.05) is 42.5 Å². The Bertz CT molecular complexity index is 1280. The van der Waals surface area contributed by atoms with Crippen LogP contribution in [0, 0.1) is 0 Å². The lowest BCUT2D eigenvalue weighted by molar-refractivity contribution is -0.123.